The first-order valence-corrected chi connectivity index (χ1v) is 11.9. The number of fused-ring (bicyclic) bond motifs is 1. The first-order chi connectivity index (χ1) is 17.1. The van der Waals surface area contributed by atoms with Crippen LogP contribution < -0.4 is 20.7 Å². The topological polar surface area (TPSA) is 131 Å². The third-order valence-corrected chi connectivity index (χ3v) is 5.53. The highest BCUT2D eigenvalue weighted by atomic mass is 32.2. The SMILES string of the molecule is CCNc1nc(NCC)n2c(SCC(=O)NCc3ccc(Oc4cccnc4)c(F)c3)nnc2n1. The number of amides is 1. The van der Waals surface area contributed by atoms with Crippen molar-refractivity contribution in [1.29, 1.82) is 0 Å². The van der Waals surface area contributed by atoms with E-state index in [0.717, 1.165) is 0 Å². The summed E-state index contributed by atoms with van der Waals surface area (Å²) in [5.41, 5.74) is 0.603. The molecule has 0 saturated carbocycles. The molecule has 0 saturated heterocycles. The first kappa shape index (κ1) is 24.1. The summed E-state index contributed by atoms with van der Waals surface area (Å²) in [5, 5.41) is 17.7. The number of pyridine rings is 1. The van der Waals surface area contributed by atoms with Gasteiger partial charge < -0.3 is 20.7 Å². The Balaban J connectivity index is 1.35. The van der Waals surface area contributed by atoms with E-state index in [4.69, 9.17) is 4.74 Å². The summed E-state index contributed by atoms with van der Waals surface area (Å²) < 4.78 is 21.6. The fraction of sp³-hybridized carbons (Fsp3) is 0.273. The van der Waals surface area contributed by atoms with Gasteiger partial charge in [0.05, 0.1) is 11.9 Å². The van der Waals surface area contributed by atoms with Gasteiger partial charge in [-0.3, -0.25) is 9.78 Å². The number of carbonyl (C=O) groups excluding carboxylic acids is 1. The Labute approximate surface area is 204 Å². The molecule has 0 bridgehead atoms. The van der Waals surface area contributed by atoms with Crippen LogP contribution in [-0.4, -0.2) is 54.3 Å². The molecule has 0 radical (unpaired) electrons. The molecule has 3 aromatic heterocycles. The van der Waals surface area contributed by atoms with Gasteiger partial charge in [0.1, 0.15) is 5.75 Å². The van der Waals surface area contributed by atoms with E-state index in [1.807, 2.05) is 13.8 Å². The Hall–Kier alpha value is -4.00. The summed E-state index contributed by atoms with van der Waals surface area (Å²) in [6.45, 7) is 5.38. The van der Waals surface area contributed by atoms with E-state index in [2.05, 4.69) is 41.1 Å². The van der Waals surface area contributed by atoms with E-state index in [-0.39, 0.29) is 24.0 Å². The lowest BCUT2D eigenvalue weighted by atomic mass is 10.2. The fourth-order valence-corrected chi connectivity index (χ4v) is 3.81. The second-order valence-corrected chi connectivity index (χ2v) is 8.11. The van der Waals surface area contributed by atoms with E-state index in [9.17, 15) is 9.18 Å². The molecule has 0 aliphatic heterocycles. The fourth-order valence-electron chi connectivity index (χ4n) is 3.05. The van der Waals surface area contributed by atoms with Gasteiger partial charge in [-0.25, -0.2) is 8.79 Å². The molecule has 182 valence electrons. The van der Waals surface area contributed by atoms with Crippen LogP contribution in [0.4, 0.5) is 16.3 Å². The Bertz CT molecular complexity index is 1300. The smallest absolute Gasteiger partial charge is 0.261 e. The summed E-state index contributed by atoms with van der Waals surface area (Å²) in [5.74, 6) is 1.19. The van der Waals surface area contributed by atoms with Crippen LogP contribution in [0.5, 0.6) is 11.5 Å². The van der Waals surface area contributed by atoms with E-state index in [0.29, 0.717) is 47.2 Å². The van der Waals surface area contributed by atoms with Crippen molar-refractivity contribution in [2.75, 3.05) is 29.5 Å². The maximum atomic E-state index is 14.4. The molecule has 0 fully saturated rings. The third-order valence-electron chi connectivity index (χ3n) is 4.60. The van der Waals surface area contributed by atoms with Gasteiger partial charge in [0.15, 0.2) is 16.7 Å². The predicted molar refractivity (Wildman–Crippen MR) is 130 cm³/mol. The van der Waals surface area contributed by atoms with Crippen molar-refractivity contribution in [3.8, 4) is 11.5 Å². The Morgan fingerprint density at radius 3 is 2.74 bits per heavy atom. The van der Waals surface area contributed by atoms with E-state index in [1.165, 1.54) is 30.1 Å². The average molecular weight is 498 g/mol. The summed E-state index contributed by atoms with van der Waals surface area (Å²) in [6, 6.07) is 7.92. The number of hydrogen-bond acceptors (Lipinski definition) is 10. The molecule has 0 aliphatic rings. The van der Waals surface area contributed by atoms with Gasteiger partial charge >= 0.3 is 0 Å². The lowest BCUT2D eigenvalue weighted by molar-refractivity contribution is -0.118. The molecule has 4 aromatic rings. The molecule has 3 heterocycles. The van der Waals surface area contributed by atoms with Gasteiger partial charge in [0.25, 0.3) is 5.78 Å². The van der Waals surface area contributed by atoms with E-state index < -0.39 is 5.82 Å². The number of ether oxygens (including phenoxy) is 1. The Morgan fingerprint density at radius 1 is 1.14 bits per heavy atom. The molecule has 0 aliphatic carbocycles. The largest absolute Gasteiger partial charge is 0.453 e. The normalized spacial score (nSPS) is 10.8. The Kier molecular flexibility index (Phi) is 7.88. The number of rotatable bonds is 11. The quantitative estimate of drug-likeness (QED) is 0.266. The van der Waals surface area contributed by atoms with Crippen molar-refractivity contribution >= 4 is 35.3 Å². The zero-order valence-corrected chi connectivity index (χ0v) is 20.0. The summed E-state index contributed by atoms with van der Waals surface area (Å²) in [7, 11) is 0. The monoisotopic (exact) mass is 497 g/mol. The van der Waals surface area contributed by atoms with Gasteiger partial charge in [-0.2, -0.15) is 9.97 Å². The van der Waals surface area contributed by atoms with Crippen molar-refractivity contribution < 1.29 is 13.9 Å². The van der Waals surface area contributed by atoms with Gasteiger partial charge in [0, 0.05) is 25.8 Å². The number of halogens is 1. The van der Waals surface area contributed by atoms with Crippen LogP contribution in [0.15, 0.2) is 47.9 Å². The second kappa shape index (κ2) is 11.4. The van der Waals surface area contributed by atoms with Gasteiger partial charge in [-0.1, -0.05) is 17.8 Å². The second-order valence-electron chi connectivity index (χ2n) is 7.17. The molecule has 1 aromatic carbocycles. The molecule has 4 rings (SSSR count). The molecule has 1 amide bonds. The maximum Gasteiger partial charge on any atom is 0.261 e. The number of anilines is 2. The van der Waals surface area contributed by atoms with Gasteiger partial charge in [0.2, 0.25) is 17.8 Å². The van der Waals surface area contributed by atoms with Crippen LogP contribution in [0.25, 0.3) is 5.78 Å². The average Bonchev–Trinajstić information content (AvgIpc) is 3.27. The third kappa shape index (κ3) is 6.12. The lowest BCUT2D eigenvalue weighted by Gasteiger charge is -2.10. The Morgan fingerprint density at radius 2 is 2.00 bits per heavy atom. The minimum atomic E-state index is -0.530. The van der Waals surface area contributed by atoms with Crippen LogP contribution in [0.3, 0.4) is 0 Å². The van der Waals surface area contributed by atoms with Crippen LogP contribution in [0.2, 0.25) is 0 Å². The number of nitrogens with zero attached hydrogens (tertiary/aromatic N) is 6. The summed E-state index contributed by atoms with van der Waals surface area (Å²) in [4.78, 5) is 25.1. The summed E-state index contributed by atoms with van der Waals surface area (Å²) >= 11 is 1.20. The van der Waals surface area contributed by atoms with Crippen molar-refractivity contribution in [1.82, 2.24) is 34.9 Å². The molecule has 0 unspecified atom stereocenters. The molecular weight excluding hydrogens is 473 g/mol. The van der Waals surface area contributed by atoms with Gasteiger partial charge in [-0.15, -0.1) is 10.2 Å². The zero-order valence-electron chi connectivity index (χ0n) is 19.2. The first-order valence-electron chi connectivity index (χ1n) is 10.9. The van der Waals surface area contributed by atoms with Crippen molar-refractivity contribution in [3.63, 3.8) is 0 Å². The molecular formula is C22H24FN9O2S. The van der Waals surface area contributed by atoms with Crippen LogP contribution in [0.1, 0.15) is 19.4 Å². The standard InChI is InChI=1S/C22H24FN9O2S/c1-3-25-19-28-20(26-4-2)32-21(29-19)30-31-22(32)35-13-18(33)27-11-14-7-8-17(16(23)10-14)34-15-6-5-9-24-12-15/h5-10,12H,3-4,11,13H2,1-2H3,(H,27,33)(H2,25,26,28,29,30). The number of carbonyl (C=O) groups is 1. The molecule has 35 heavy (non-hydrogen) atoms. The van der Waals surface area contributed by atoms with Crippen molar-refractivity contribution in [2.24, 2.45) is 0 Å². The molecule has 0 spiro atoms. The molecule has 0 atom stereocenters. The van der Waals surface area contributed by atoms with Crippen molar-refractivity contribution in [2.45, 2.75) is 25.5 Å². The van der Waals surface area contributed by atoms with E-state index >= 15 is 0 Å². The van der Waals surface area contributed by atoms with Crippen LogP contribution >= 0.6 is 11.8 Å². The minimum absolute atomic E-state index is 0.0818. The number of aromatic nitrogens is 6. The summed E-state index contributed by atoms with van der Waals surface area (Å²) in [6.07, 6.45) is 3.10. The van der Waals surface area contributed by atoms with Crippen molar-refractivity contribution in [3.05, 3.63) is 54.1 Å². The number of nitrogens with one attached hydrogen (secondary N) is 3. The lowest BCUT2D eigenvalue weighted by Crippen LogP contribution is -2.24. The highest BCUT2D eigenvalue weighted by molar-refractivity contribution is 7.99. The molecule has 11 nitrogen and oxygen atoms in total. The van der Waals surface area contributed by atoms with E-state index in [1.54, 1.807) is 28.8 Å². The number of thioether (sulfide) groups is 1. The zero-order chi connectivity index (χ0) is 24.6. The number of benzene rings is 1. The maximum absolute atomic E-state index is 14.4. The number of hydrogen-bond donors (Lipinski definition) is 3. The van der Waals surface area contributed by atoms with Gasteiger partial charge in [-0.05, 0) is 43.7 Å². The highest BCUT2D eigenvalue weighted by Gasteiger charge is 2.16. The van der Waals surface area contributed by atoms with Crippen LogP contribution in [-0.2, 0) is 11.3 Å². The highest BCUT2D eigenvalue weighted by Crippen LogP contribution is 2.25. The predicted octanol–water partition coefficient (Wildman–Crippen LogP) is 3.12. The molecule has 3 N–H and O–H groups in total. The molecule has 13 heteroatoms. The van der Waals surface area contributed by atoms with Crippen LogP contribution in [0, 0.1) is 5.82 Å². The minimum Gasteiger partial charge on any atom is -0.453 e.